The molecule has 0 unspecified atom stereocenters. The molecule has 0 amide bonds. The summed E-state index contributed by atoms with van der Waals surface area (Å²) in [6.07, 6.45) is 7.81. The van der Waals surface area contributed by atoms with Gasteiger partial charge in [-0.15, -0.1) is 0 Å². The van der Waals surface area contributed by atoms with E-state index >= 15 is 0 Å². The van der Waals surface area contributed by atoms with Gasteiger partial charge < -0.3 is 4.74 Å². The van der Waals surface area contributed by atoms with Crippen molar-refractivity contribution >= 4 is 5.78 Å². The molecule has 0 N–H and O–H groups in total. The standard InChI is InChI=1S/C12H20O2/c1-14-9-12(8-10-2-3-10)6-4-11(13)5-7-12/h10H,2-9H2,1H3. The van der Waals surface area contributed by atoms with Crippen molar-refractivity contribution in [3.8, 4) is 0 Å². The molecule has 2 rings (SSSR count). The Balaban J connectivity index is 1.93. The lowest BCUT2D eigenvalue weighted by Crippen LogP contribution is -2.32. The highest BCUT2D eigenvalue weighted by molar-refractivity contribution is 5.79. The van der Waals surface area contributed by atoms with Gasteiger partial charge in [0.25, 0.3) is 0 Å². The number of rotatable bonds is 4. The van der Waals surface area contributed by atoms with Crippen LogP contribution in [0.4, 0.5) is 0 Å². The minimum atomic E-state index is 0.351. The van der Waals surface area contributed by atoms with Gasteiger partial charge in [0.2, 0.25) is 0 Å². The molecule has 0 saturated heterocycles. The molecule has 2 heteroatoms. The zero-order valence-corrected chi connectivity index (χ0v) is 9.05. The van der Waals surface area contributed by atoms with Gasteiger partial charge in [0.1, 0.15) is 5.78 Å². The molecular weight excluding hydrogens is 176 g/mol. The maximum Gasteiger partial charge on any atom is 0.132 e. The van der Waals surface area contributed by atoms with E-state index < -0.39 is 0 Å². The van der Waals surface area contributed by atoms with Crippen molar-refractivity contribution in [1.82, 2.24) is 0 Å². The van der Waals surface area contributed by atoms with Crippen LogP contribution in [0.1, 0.15) is 44.9 Å². The van der Waals surface area contributed by atoms with E-state index in [4.69, 9.17) is 4.74 Å². The largest absolute Gasteiger partial charge is 0.384 e. The molecule has 2 aliphatic carbocycles. The Kier molecular flexibility index (Phi) is 2.91. The van der Waals surface area contributed by atoms with Gasteiger partial charge in [-0.2, -0.15) is 0 Å². The number of carbonyl (C=O) groups excluding carboxylic acids is 1. The molecule has 0 aromatic heterocycles. The zero-order chi connectivity index (χ0) is 10.0. The molecule has 2 saturated carbocycles. The fraction of sp³-hybridized carbons (Fsp3) is 0.917. The summed E-state index contributed by atoms with van der Waals surface area (Å²) in [5.41, 5.74) is 0.351. The monoisotopic (exact) mass is 196 g/mol. The number of carbonyl (C=O) groups is 1. The third-order valence-electron chi connectivity index (χ3n) is 3.74. The molecule has 0 aliphatic heterocycles. The molecule has 0 heterocycles. The maximum atomic E-state index is 11.2. The Morgan fingerprint density at radius 1 is 1.36 bits per heavy atom. The lowest BCUT2D eigenvalue weighted by atomic mass is 9.71. The number of ether oxygens (including phenoxy) is 1. The summed E-state index contributed by atoms with van der Waals surface area (Å²) >= 11 is 0. The molecule has 14 heavy (non-hydrogen) atoms. The summed E-state index contributed by atoms with van der Waals surface area (Å²) in [4.78, 5) is 11.2. The lowest BCUT2D eigenvalue weighted by Gasteiger charge is -2.36. The first-order chi connectivity index (χ1) is 6.74. The second-order valence-electron chi connectivity index (χ2n) is 5.12. The Hall–Kier alpha value is -0.370. The van der Waals surface area contributed by atoms with E-state index in [-0.39, 0.29) is 0 Å². The Bertz CT molecular complexity index is 208. The van der Waals surface area contributed by atoms with Crippen molar-refractivity contribution in [2.24, 2.45) is 11.3 Å². The highest BCUT2D eigenvalue weighted by Crippen LogP contribution is 2.47. The van der Waals surface area contributed by atoms with Crippen LogP contribution in [-0.2, 0) is 9.53 Å². The summed E-state index contributed by atoms with van der Waals surface area (Å²) in [6.45, 7) is 0.858. The number of methoxy groups -OCH3 is 1. The average molecular weight is 196 g/mol. The highest BCUT2D eigenvalue weighted by atomic mass is 16.5. The van der Waals surface area contributed by atoms with Crippen LogP contribution in [0.3, 0.4) is 0 Å². The first-order valence-electron chi connectivity index (χ1n) is 5.75. The van der Waals surface area contributed by atoms with E-state index in [0.29, 0.717) is 11.2 Å². The minimum Gasteiger partial charge on any atom is -0.384 e. The van der Waals surface area contributed by atoms with Crippen LogP contribution in [-0.4, -0.2) is 19.5 Å². The molecule has 0 atom stereocenters. The van der Waals surface area contributed by atoms with E-state index in [2.05, 4.69) is 0 Å². The van der Waals surface area contributed by atoms with Gasteiger partial charge in [-0.05, 0) is 30.6 Å². The van der Waals surface area contributed by atoms with Crippen LogP contribution in [0.2, 0.25) is 0 Å². The lowest BCUT2D eigenvalue weighted by molar-refractivity contribution is -0.123. The van der Waals surface area contributed by atoms with Crippen LogP contribution in [0.15, 0.2) is 0 Å². The van der Waals surface area contributed by atoms with E-state index in [9.17, 15) is 4.79 Å². The fourth-order valence-corrected chi connectivity index (χ4v) is 2.71. The van der Waals surface area contributed by atoms with Crippen molar-refractivity contribution in [2.45, 2.75) is 44.9 Å². The van der Waals surface area contributed by atoms with Crippen molar-refractivity contribution in [2.75, 3.05) is 13.7 Å². The SMILES string of the molecule is COCC1(CC2CC2)CCC(=O)CC1. The second-order valence-corrected chi connectivity index (χ2v) is 5.12. The molecule has 0 aromatic carbocycles. The Morgan fingerprint density at radius 2 is 2.00 bits per heavy atom. The smallest absolute Gasteiger partial charge is 0.132 e. The first-order valence-corrected chi connectivity index (χ1v) is 5.75. The van der Waals surface area contributed by atoms with Crippen molar-refractivity contribution in [3.63, 3.8) is 0 Å². The van der Waals surface area contributed by atoms with Crippen LogP contribution >= 0.6 is 0 Å². The number of Topliss-reactive ketones (excluding diaryl/α,β-unsaturated/α-hetero) is 1. The summed E-state index contributed by atoms with van der Waals surface area (Å²) in [7, 11) is 1.78. The van der Waals surface area contributed by atoms with Crippen LogP contribution in [0.25, 0.3) is 0 Å². The van der Waals surface area contributed by atoms with Crippen LogP contribution in [0.5, 0.6) is 0 Å². The predicted molar refractivity (Wildman–Crippen MR) is 55.1 cm³/mol. The number of hydrogen-bond acceptors (Lipinski definition) is 2. The number of hydrogen-bond donors (Lipinski definition) is 0. The number of ketones is 1. The van der Waals surface area contributed by atoms with Crippen molar-refractivity contribution in [1.29, 1.82) is 0 Å². The summed E-state index contributed by atoms with van der Waals surface area (Å²) in [5.74, 6) is 1.39. The van der Waals surface area contributed by atoms with E-state index in [1.54, 1.807) is 7.11 Å². The maximum absolute atomic E-state index is 11.2. The summed E-state index contributed by atoms with van der Waals surface area (Å²) < 4.78 is 5.34. The van der Waals surface area contributed by atoms with Gasteiger partial charge >= 0.3 is 0 Å². The normalized spacial score (nSPS) is 26.5. The molecule has 0 spiro atoms. The van der Waals surface area contributed by atoms with Crippen LogP contribution in [0, 0.1) is 11.3 Å². The molecule has 80 valence electrons. The molecule has 0 bridgehead atoms. The quantitative estimate of drug-likeness (QED) is 0.690. The van der Waals surface area contributed by atoms with Gasteiger partial charge in [-0.25, -0.2) is 0 Å². The third-order valence-corrected chi connectivity index (χ3v) is 3.74. The Morgan fingerprint density at radius 3 is 2.50 bits per heavy atom. The summed E-state index contributed by atoms with van der Waals surface area (Å²) in [6, 6.07) is 0. The van der Waals surface area contributed by atoms with Gasteiger partial charge in [0.05, 0.1) is 6.61 Å². The van der Waals surface area contributed by atoms with Gasteiger partial charge in [0, 0.05) is 20.0 Å². The topological polar surface area (TPSA) is 26.3 Å². The van der Waals surface area contributed by atoms with Gasteiger partial charge in [-0.3, -0.25) is 4.79 Å². The zero-order valence-electron chi connectivity index (χ0n) is 9.05. The first kappa shape index (κ1) is 10.2. The molecule has 2 nitrogen and oxygen atoms in total. The fourth-order valence-electron chi connectivity index (χ4n) is 2.71. The minimum absolute atomic E-state index is 0.351. The molecular formula is C12H20O2. The van der Waals surface area contributed by atoms with E-state index in [1.807, 2.05) is 0 Å². The molecule has 0 radical (unpaired) electrons. The summed E-state index contributed by atoms with van der Waals surface area (Å²) in [5, 5.41) is 0. The van der Waals surface area contributed by atoms with E-state index in [1.165, 1.54) is 19.3 Å². The second kappa shape index (κ2) is 4.01. The third kappa shape index (κ3) is 2.35. The van der Waals surface area contributed by atoms with Crippen molar-refractivity contribution in [3.05, 3.63) is 0 Å². The molecule has 2 aliphatic rings. The predicted octanol–water partition coefficient (Wildman–Crippen LogP) is 2.56. The van der Waals surface area contributed by atoms with Gasteiger partial charge in [0.15, 0.2) is 0 Å². The van der Waals surface area contributed by atoms with E-state index in [0.717, 1.165) is 38.2 Å². The van der Waals surface area contributed by atoms with Gasteiger partial charge in [-0.1, -0.05) is 12.8 Å². The molecule has 2 fully saturated rings. The Labute approximate surface area is 86.0 Å². The highest BCUT2D eigenvalue weighted by Gasteiger charge is 2.39. The molecule has 0 aromatic rings. The van der Waals surface area contributed by atoms with Crippen molar-refractivity contribution < 1.29 is 9.53 Å². The van der Waals surface area contributed by atoms with Crippen LogP contribution < -0.4 is 0 Å². The average Bonchev–Trinajstić information content (AvgIpc) is 2.95.